The van der Waals surface area contributed by atoms with Crippen LogP contribution in [-0.4, -0.2) is 19.0 Å². The van der Waals surface area contributed by atoms with Crippen LogP contribution in [0.5, 0.6) is 11.5 Å². The number of rotatable bonds is 4. The monoisotopic (exact) mass is 428 g/mol. The fraction of sp³-hybridized carbons (Fsp3) is 0.143. The van der Waals surface area contributed by atoms with Crippen LogP contribution in [0.15, 0.2) is 45.8 Å². The second-order valence-corrected chi connectivity index (χ2v) is 7.39. The Morgan fingerprint density at radius 3 is 2.33 bits per heavy atom. The average Bonchev–Trinajstić information content (AvgIpc) is 2.47. The lowest BCUT2D eigenvalue weighted by atomic mass is 10.2. The van der Waals surface area contributed by atoms with Crippen LogP contribution in [0.4, 0.5) is 17.6 Å². The van der Waals surface area contributed by atoms with Gasteiger partial charge in [-0.15, -0.1) is 0 Å². The molecule has 0 heterocycles. The predicted molar refractivity (Wildman–Crippen MR) is 79.8 cm³/mol. The Hall–Kier alpha value is -1.65. The van der Waals surface area contributed by atoms with Gasteiger partial charge in [0, 0.05) is 6.07 Å². The van der Waals surface area contributed by atoms with Gasteiger partial charge in [0.2, 0.25) is 0 Å². The van der Waals surface area contributed by atoms with Crippen molar-refractivity contribution < 1.29 is 35.8 Å². The van der Waals surface area contributed by atoms with Crippen molar-refractivity contribution in [2.75, 3.05) is 0 Å². The summed E-state index contributed by atoms with van der Waals surface area (Å²) in [6.07, 6.45) is 0. The third kappa shape index (κ3) is 3.87. The van der Waals surface area contributed by atoms with Crippen LogP contribution >= 0.6 is 15.9 Å². The average molecular weight is 429 g/mol. The summed E-state index contributed by atoms with van der Waals surface area (Å²) < 4.78 is 78.9. The molecule has 0 radical (unpaired) electrons. The van der Waals surface area contributed by atoms with Gasteiger partial charge in [-0.3, -0.25) is 0 Å². The van der Waals surface area contributed by atoms with E-state index in [4.69, 9.17) is 9.84 Å². The highest BCUT2D eigenvalue weighted by Crippen LogP contribution is 2.36. The highest BCUT2D eigenvalue weighted by Gasteiger charge is 2.47. The second kappa shape index (κ2) is 6.69. The van der Waals surface area contributed by atoms with E-state index in [2.05, 4.69) is 15.9 Å². The topological polar surface area (TPSA) is 63.6 Å². The zero-order chi connectivity index (χ0) is 18.1. The molecule has 0 amide bonds. The Labute approximate surface area is 142 Å². The summed E-state index contributed by atoms with van der Waals surface area (Å²) in [5, 5.41) is 9.00. The van der Waals surface area contributed by atoms with Crippen molar-refractivity contribution >= 4 is 25.8 Å². The first-order valence-corrected chi connectivity index (χ1v) is 8.51. The summed E-state index contributed by atoms with van der Waals surface area (Å²) in [6, 6.07) is 5.90. The summed E-state index contributed by atoms with van der Waals surface area (Å²) in [5.74, 6) is -0.708. The maximum absolute atomic E-state index is 13.4. The normalized spacial score (nSPS) is 12.2. The van der Waals surface area contributed by atoms with Crippen molar-refractivity contribution in [2.45, 2.75) is 17.0 Å². The summed E-state index contributed by atoms with van der Waals surface area (Å²) in [4.78, 5) is -0.954. The summed E-state index contributed by atoms with van der Waals surface area (Å²) in [7, 11) is -5.48. The second-order valence-electron chi connectivity index (χ2n) is 4.60. The molecule has 0 fully saturated rings. The van der Waals surface area contributed by atoms with E-state index in [1.807, 2.05) is 0 Å². The Morgan fingerprint density at radius 2 is 1.79 bits per heavy atom. The standard InChI is InChI=1S/C14H9BrF4O4S/c15-12-6-11(24(21,22)14(17,18)19)1-2-13(12)23-10-4-8(7-20)3-9(16)5-10/h1-6,20H,7H2. The summed E-state index contributed by atoms with van der Waals surface area (Å²) >= 11 is 2.92. The quantitative estimate of drug-likeness (QED) is 0.742. The lowest BCUT2D eigenvalue weighted by Crippen LogP contribution is -2.23. The molecule has 2 aromatic rings. The number of hydrogen-bond acceptors (Lipinski definition) is 4. The minimum atomic E-state index is -5.48. The van der Waals surface area contributed by atoms with Crippen LogP contribution in [0.25, 0.3) is 0 Å². The van der Waals surface area contributed by atoms with Gasteiger partial charge in [-0.25, -0.2) is 12.8 Å². The molecule has 2 rings (SSSR count). The van der Waals surface area contributed by atoms with Crippen LogP contribution in [-0.2, 0) is 16.4 Å². The van der Waals surface area contributed by atoms with Crippen molar-refractivity contribution in [2.24, 2.45) is 0 Å². The number of halogens is 5. The molecule has 0 bridgehead atoms. The fourth-order valence-electron chi connectivity index (χ4n) is 1.76. The molecule has 0 spiro atoms. The van der Waals surface area contributed by atoms with E-state index in [-0.39, 0.29) is 21.5 Å². The van der Waals surface area contributed by atoms with E-state index in [1.54, 1.807) is 0 Å². The van der Waals surface area contributed by atoms with E-state index < -0.39 is 32.7 Å². The van der Waals surface area contributed by atoms with Crippen molar-refractivity contribution in [3.05, 3.63) is 52.3 Å². The predicted octanol–water partition coefficient (Wildman–Crippen LogP) is 4.17. The molecule has 0 unspecified atom stereocenters. The molecular formula is C14H9BrF4O4S. The Balaban J connectivity index is 2.37. The van der Waals surface area contributed by atoms with Crippen LogP contribution in [0, 0.1) is 5.82 Å². The maximum Gasteiger partial charge on any atom is 0.501 e. The summed E-state index contributed by atoms with van der Waals surface area (Å²) in [6.45, 7) is -0.432. The van der Waals surface area contributed by atoms with Gasteiger partial charge in [0.25, 0.3) is 9.84 Å². The number of aliphatic hydroxyl groups excluding tert-OH is 1. The molecule has 1 N–H and O–H groups in total. The molecule has 10 heteroatoms. The van der Waals surface area contributed by atoms with Crippen LogP contribution < -0.4 is 4.74 Å². The Bertz CT molecular complexity index is 866. The number of benzene rings is 2. The van der Waals surface area contributed by atoms with Crippen molar-refractivity contribution in [3.63, 3.8) is 0 Å². The highest BCUT2D eigenvalue weighted by molar-refractivity contribution is 9.10. The van der Waals surface area contributed by atoms with Crippen LogP contribution in [0.3, 0.4) is 0 Å². The van der Waals surface area contributed by atoms with Crippen LogP contribution in [0.1, 0.15) is 5.56 Å². The smallest absolute Gasteiger partial charge is 0.456 e. The molecule has 0 atom stereocenters. The van der Waals surface area contributed by atoms with E-state index in [0.29, 0.717) is 0 Å². The lowest BCUT2D eigenvalue weighted by molar-refractivity contribution is -0.0436. The molecule has 0 saturated carbocycles. The van der Waals surface area contributed by atoms with Gasteiger partial charge < -0.3 is 9.84 Å². The van der Waals surface area contributed by atoms with E-state index >= 15 is 0 Å². The molecule has 0 saturated heterocycles. The van der Waals surface area contributed by atoms with Crippen molar-refractivity contribution in [1.29, 1.82) is 0 Å². The number of ether oxygens (including phenoxy) is 1. The molecule has 0 aromatic heterocycles. The molecule has 0 aliphatic carbocycles. The van der Waals surface area contributed by atoms with Gasteiger partial charge in [0.15, 0.2) is 0 Å². The number of alkyl halides is 3. The third-order valence-electron chi connectivity index (χ3n) is 2.86. The molecule has 4 nitrogen and oxygen atoms in total. The van der Waals surface area contributed by atoms with Gasteiger partial charge in [0.1, 0.15) is 17.3 Å². The fourth-order valence-corrected chi connectivity index (χ4v) is 3.16. The first kappa shape index (κ1) is 18.7. The molecule has 130 valence electrons. The van der Waals surface area contributed by atoms with Crippen molar-refractivity contribution in [1.82, 2.24) is 0 Å². The number of hydrogen-bond donors (Lipinski definition) is 1. The molecule has 0 aliphatic heterocycles. The SMILES string of the molecule is O=S(=O)(c1ccc(Oc2cc(F)cc(CO)c2)c(Br)c1)C(F)(F)F. The van der Waals surface area contributed by atoms with E-state index in [1.165, 1.54) is 6.07 Å². The zero-order valence-corrected chi connectivity index (χ0v) is 14.0. The number of sulfone groups is 1. The maximum atomic E-state index is 13.4. The van der Waals surface area contributed by atoms with Gasteiger partial charge >= 0.3 is 5.51 Å². The lowest BCUT2D eigenvalue weighted by Gasteiger charge is -2.12. The van der Waals surface area contributed by atoms with Gasteiger partial charge in [-0.05, 0) is 51.8 Å². The minimum Gasteiger partial charge on any atom is -0.456 e. The van der Waals surface area contributed by atoms with E-state index in [0.717, 1.165) is 30.3 Å². The zero-order valence-electron chi connectivity index (χ0n) is 11.6. The third-order valence-corrected chi connectivity index (χ3v) is 4.96. The molecular weight excluding hydrogens is 420 g/mol. The Morgan fingerprint density at radius 1 is 1.12 bits per heavy atom. The van der Waals surface area contributed by atoms with E-state index in [9.17, 15) is 26.0 Å². The van der Waals surface area contributed by atoms with Gasteiger partial charge in [-0.1, -0.05) is 0 Å². The van der Waals surface area contributed by atoms with Crippen LogP contribution in [0.2, 0.25) is 0 Å². The largest absolute Gasteiger partial charge is 0.501 e. The number of aliphatic hydroxyl groups is 1. The Kier molecular flexibility index (Phi) is 5.21. The summed E-state index contributed by atoms with van der Waals surface area (Å²) in [5.41, 5.74) is -5.19. The van der Waals surface area contributed by atoms with Crippen molar-refractivity contribution in [3.8, 4) is 11.5 Å². The van der Waals surface area contributed by atoms with Gasteiger partial charge in [-0.2, -0.15) is 13.2 Å². The molecule has 0 aliphatic rings. The first-order chi connectivity index (χ1) is 11.0. The first-order valence-electron chi connectivity index (χ1n) is 6.23. The minimum absolute atomic E-state index is 0.00817. The molecule has 24 heavy (non-hydrogen) atoms. The van der Waals surface area contributed by atoms with Gasteiger partial charge in [0.05, 0.1) is 16.0 Å². The molecule has 2 aromatic carbocycles. The highest BCUT2D eigenvalue weighted by atomic mass is 79.9.